The zero-order chi connectivity index (χ0) is 11.0. The molecule has 0 rings (SSSR count). The van der Waals surface area contributed by atoms with Crippen LogP contribution in [-0.4, -0.2) is 18.2 Å². The van der Waals surface area contributed by atoms with Gasteiger partial charge in [-0.05, 0) is 12.8 Å². The molecule has 0 aromatic rings. The van der Waals surface area contributed by atoms with Crippen LogP contribution in [0, 0.1) is 5.92 Å². The molecule has 0 aliphatic heterocycles. The molecule has 1 N–H and O–H groups in total. The fourth-order valence-corrected chi connectivity index (χ4v) is 1.06. The first-order valence-electron chi connectivity index (χ1n) is 5.37. The van der Waals surface area contributed by atoms with Gasteiger partial charge in [0.05, 0.1) is 0 Å². The van der Waals surface area contributed by atoms with Crippen LogP contribution in [0.25, 0.3) is 0 Å². The Morgan fingerprint density at radius 3 is 2.36 bits per heavy atom. The van der Waals surface area contributed by atoms with E-state index >= 15 is 0 Å². The molecule has 0 unspecified atom stereocenters. The largest absolute Gasteiger partial charge is 0.356 e. The van der Waals surface area contributed by atoms with Gasteiger partial charge >= 0.3 is 0 Å². The van der Waals surface area contributed by atoms with Gasteiger partial charge in [0.15, 0.2) is 0 Å². The van der Waals surface area contributed by atoms with Crippen LogP contribution in [0.4, 0.5) is 0 Å². The second-order valence-electron chi connectivity index (χ2n) is 3.82. The van der Waals surface area contributed by atoms with Gasteiger partial charge in [0.25, 0.3) is 0 Å². The predicted molar refractivity (Wildman–Crippen MR) is 57.0 cm³/mol. The standard InChI is InChI=1S/C11H21NO2/c1-4-8-12-11(14)7-5-6-10(13)9(2)3/h9H,4-8H2,1-3H3,(H,12,14). The lowest BCUT2D eigenvalue weighted by Gasteiger charge is -2.04. The van der Waals surface area contributed by atoms with Crippen LogP contribution < -0.4 is 5.32 Å². The molecule has 0 saturated carbocycles. The maximum absolute atomic E-state index is 11.2. The molecular formula is C11H21NO2. The summed E-state index contributed by atoms with van der Waals surface area (Å²) in [6.07, 6.45) is 2.62. The van der Waals surface area contributed by atoms with Crippen molar-refractivity contribution in [2.45, 2.75) is 46.5 Å². The lowest BCUT2D eigenvalue weighted by Crippen LogP contribution is -2.23. The zero-order valence-corrected chi connectivity index (χ0v) is 9.43. The average molecular weight is 199 g/mol. The molecule has 0 bridgehead atoms. The number of hydrogen-bond donors (Lipinski definition) is 1. The van der Waals surface area contributed by atoms with Crippen LogP contribution >= 0.6 is 0 Å². The Balaban J connectivity index is 3.44. The molecule has 82 valence electrons. The molecule has 0 aromatic carbocycles. The molecule has 0 heterocycles. The van der Waals surface area contributed by atoms with Crippen molar-refractivity contribution in [3.05, 3.63) is 0 Å². The average Bonchev–Trinajstić information content (AvgIpc) is 2.14. The highest BCUT2D eigenvalue weighted by Crippen LogP contribution is 2.03. The topological polar surface area (TPSA) is 46.2 Å². The minimum Gasteiger partial charge on any atom is -0.356 e. The van der Waals surface area contributed by atoms with Crippen LogP contribution in [0.15, 0.2) is 0 Å². The molecule has 0 aliphatic rings. The summed E-state index contributed by atoms with van der Waals surface area (Å²) in [5, 5.41) is 2.79. The Hall–Kier alpha value is -0.860. The number of carbonyl (C=O) groups excluding carboxylic acids is 2. The minimum atomic E-state index is 0.0587. The first kappa shape index (κ1) is 13.1. The maximum atomic E-state index is 11.2. The summed E-state index contributed by atoms with van der Waals surface area (Å²) in [6.45, 7) is 6.53. The lowest BCUT2D eigenvalue weighted by atomic mass is 10.0. The van der Waals surface area contributed by atoms with Gasteiger partial charge in [-0.3, -0.25) is 9.59 Å². The third-order valence-corrected chi connectivity index (χ3v) is 2.04. The van der Waals surface area contributed by atoms with E-state index in [4.69, 9.17) is 0 Å². The van der Waals surface area contributed by atoms with E-state index in [0.29, 0.717) is 19.3 Å². The fraction of sp³-hybridized carbons (Fsp3) is 0.818. The molecule has 0 saturated heterocycles. The summed E-state index contributed by atoms with van der Waals surface area (Å²) in [6, 6.07) is 0. The van der Waals surface area contributed by atoms with Crippen molar-refractivity contribution in [1.82, 2.24) is 5.32 Å². The fourth-order valence-electron chi connectivity index (χ4n) is 1.06. The summed E-state index contributed by atoms with van der Waals surface area (Å²) in [5.74, 6) is 0.394. The summed E-state index contributed by atoms with van der Waals surface area (Å²) < 4.78 is 0. The predicted octanol–water partition coefficient (Wildman–Crippen LogP) is 1.91. The molecule has 0 spiro atoms. The monoisotopic (exact) mass is 199 g/mol. The molecule has 0 fully saturated rings. The van der Waals surface area contributed by atoms with Crippen molar-refractivity contribution in [3.63, 3.8) is 0 Å². The Morgan fingerprint density at radius 2 is 1.86 bits per heavy atom. The number of hydrogen-bond acceptors (Lipinski definition) is 2. The Labute approximate surface area is 86.3 Å². The molecule has 0 atom stereocenters. The van der Waals surface area contributed by atoms with Gasteiger partial charge in [-0.15, -0.1) is 0 Å². The maximum Gasteiger partial charge on any atom is 0.220 e. The van der Waals surface area contributed by atoms with Gasteiger partial charge in [0, 0.05) is 25.3 Å². The second kappa shape index (κ2) is 7.54. The van der Waals surface area contributed by atoms with E-state index in [1.807, 2.05) is 20.8 Å². The highest BCUT2D eigenvalue weighted by atomic mass is 16.1. The lowest BCUT2D eigenvalue weighted by molar-refractivity contribution is -0.122. The summed E-state index contributed by atoms with van der Waals surface area (Å²) in [4.78, 5) is 22.3. The molecular weight excluding hydrogens is 178 g/mol. The third-order valence-electron chi connectivity index (χ3n) is 2.04. The van der Waals surface area contributed by atoms with Gasteiger partial charge in [0.2, 0.25) is 5.91 Å². The van der Waals surface area contributed by atoms with Crippen LogP contribution in [0.5, 0.6) is 0 Å². The molecule has 3 nitrogen and oxygen atoms in total. The van der Waals surface area contributed by atoms with E-state index in [0.717, 1.165) is 13.0 Å². The van der Waals surface area contributed by atoms with E-state index in [1.165, 1.54) is 0 Å². The number of Topliss-reactive ketones (excluding diaryl/α,β-unsaturated/α-hetero) is 1. The summed E-state index contributed by atoms with van der Waals surface area (Å²) in [5.41, 5.74) is 0. The second-order valence-corrected chi connectivity index (χ2v) is 3.82. The van der Waals surface area contributed by atoms with Gasteiger partial charge < -0.3 is 5.32 Å². The first-order valence-corrected chi connectivity index (χ1v) is 5.37. The number of carbonyl (C=O) groups is 2. The van der Waals surface area contributed by atoms with Crippen molar-refractivity contribution in [3.8, 4) is 0 Å². The van der Waals surface area contributed by atoms with E-state index in [-0.39, 0.29) is 17.6 Å². The summed E-state index contributed by atoms with van der Waals surface area (Å²) >= 11 is 0. The van der Waals surface area contributed by atoms with Crippen molar-refractivity contribution >= 4 is 11.7 Å². The van der Waals surface area contributed by atoms with Gasteiger partial charge in [-0.1, -0.05) is 20.8 Å². The van der Waals surface area contributed by atoms with Gasteiger partial charge in [-0.25, -0.2) is 0 Å². The van der Waals surface area contributed by atoms with Crippen molar-refractivity contribution in [1.29, 1.82) is 0 Å². The third kappa shape index (κ3) is 6.63. The van der Waals surface area contributed by atoms with E-state index < -0.39 is 0 Å². The smallest absolute Gasteiger partial charge is 0.220 e. The molecule has 1 amide bonds. The van der Waals surface area contributed by atoms with Crippen LogP contribution in [0.1, 0.15) is 46.5 Å². The quantitative estimate of drug-likeness (QED) is 0.680. The molecule has 0 aromatic heterocycles. The Bertz CT molecular complexity index is 188. The molecule has 14 heavy (non-hydrogen) atoms. The number of rotatable bonds is 7. The van der Waals surface area contributed by atoms with Crippen LogP contribution in [-0.2, 0) is 9.59 Å². The number of nitrogens with one attached hydrogen (secondary N) is 1. The SMILES string of the molecule is CCCNC(=O)CCCC(=O)C(C)C. The molecule has 3 heteroatoms. The van der Waals surface area contributed by atoms with E-state index in [9.17, 15) is 9.59 Å². The van der Waals surface area contributed by atoms with E-state index in [1.54, 1.807) is 0 Å². The zero-order valence-electron chi connectivity index (χ0n) is 9.43. The Kier molecular flexibility index (Phi) is 7.07. The minimum absolute atomic E-state index is 0.0587. The van der Waals surface area contributed by atoms with Crippen molar-refractivity contribution in [2.24, 2.45) is 5.92 Å². The number of amides is 1. The Morgan fingerprint density at radius 1 is 1.21 bits per heavy atom. The molecule has 0 radical (unpaired) electrons. The van der Waals surface area contributed by atoms with E-state index in [2.05, 4.69) is 5.32 Å². The normalized spacial score (nSPS) is 10.3. The van der Waals surface area contributed by atoms with Crippen molar-refractivity contribution < 1.29 is 9.59 Å². The van der Waals surface area contributed by atoms with Gasteiger partial charge in [0.1, 0.15) is 5.78 Å². The van der Waals surface area contributed by atoms with Crippen LogP contribution in [0.3, 0.4) is 0 Å². The highest BCUT2D eigenvalue weighted by molar-refractivity contribution is 5.81. The van der Waals surface area contributed by atoms with Crippen LogP contribution in [0.2, 0.25) is 0 Å². The van der Waals surface area contributed by atoms with Crippen molar-refractivity contribution in [2.75, 3.05) is 6.54 Å². The first-order chi connectivity index (χ1) is 6.57. The highest BCUT2D eigenvalue weighted by Gasteiger charge is 2.07. The number of ketones is 1. The summed E-state index contributed by atoms with van der Waals surface area (Å²) in [7, 11) is 0. The molecule has 0 aliphatic carbocycles. The van der Waals surface area contributed by atoms with Gasteiger partial charge in [-0.2, -0.15) is 0 Å².